The van der Waals surface area contributed by atoms with Crippen molar-refractivity contribution in [2.75, 3.05) is 0 Å². The molecule has 50 heavy (non-hydrogen) atoms. The van der Waals surface area contributed by atoms with E-state index in [9.17, 15) is 21.0 Å². The van der Waals surface area contributed by atoms with Crippen LogP contribution in [0.25, 0.3) is 67.3 Å². The Kier molecular flexibility index (Phi) is 8.43. The highest BCUT2D eigenvalue weighted by Gasteiger charge is 2.25. The lowest BCUT2D eigenvalue weighted by Gasteiger charge is -2.17. The molecular formula is C44H24N6. The lowest BCUT2D eigenvalue weighted by atomic mass is 9.88. The molecule has 0 atom stereocenters. The summed E-state index contributed by atoms with van der Waals surface area (Å²) in [5.74, 6) is 0. The third-order valence-electron chi connectivity index (χ3n) is 8.49. The first-order valence-corrected chi connectivity index (χ1v) is 15.8. The van der Waals surface area contributed by atoms with E-state index in [2.05, 4.69) is 24.3 Å². The number of hydrogen-bond donors (Lipinski definition) is 0. The molecule has 7 rings (SSSR count). The third-order valence-corrected chi connectivity index (χ3v) is 8.49. The Morgan fingerprint density at radius 2 is 0.500 bits per heavy atom. The van der Waals surface area contributed by atoms with E-state index < -0.39 is 0 Å². The maximum atomic E-state index is 10.6. The van der Waals surface area contributed by atoms with E-state index in [0.717, 1.165) is 22.3 Å². The molecule has 2 aromatic heterocycles. The molecule has 0 aliphatic heterocycles. The summed E-state index contributed by atoms with van der Waals surface area (Å²) in [5, 5.41) is 41.9. The van der Waals surface area contributed by atoms with Gasteiger partial charge in [-0.3, -0.25) is 0 Å². The van der Waals surface area contributed by atoms with Crippen molar-refractivity contribution in [3.63, 3.8) is 0 Å². The largest absolute Gasteiger partial charge is 0.245 e. The van der Waals surface area contributed by atoms with Crippen LogP contribution in [0.5, 0.6) is 0 Å². The zero-order valence-corrected chi connectivity index (χ0v) is 26.5. The van der Waals surface area contributed by atoms with Crippen molar-refractivity contribution in [2.45, 2.75) is 0 Å². The Bertz CT molecular complexity index is 2350. The average molecular weight is 637 g/mol. The molecule has 230 valence electrons. The second-order valence-electron chi connectivity index (χ2n) is 11.4. The van der Waals surface area contributed by atoms with E-state index in [1.54, 1.807) is 0 Å². The predicted octanol–water partition coefficient (Wildman–Crippen LogP) is 9.97. The van der Waals surface area contributed by atoms with E-state index in [4.69, 9.17) is 9.97 Å². The molecule has 7 aromatic rings. The maximum absolute atomic E-state index is 10.6. The number of rotatable bonds is 6. The minimum absolute atomic E-state index is 0.284. The lowest BCUT2D eigenvalue weighted by Crippen LogP contribution is -2.03. The highest BCUT2D eigenvalue weighted by atomic mass is 14.7. The number of nitrogens with zero attached hydrogens (tertiary/aromatic N) is 6. The molecule has 0 aliphatic carbocycles. The van der Waals surface area contributed by atoms with E-state index >= 15 is 0 Å². The smallest absolute Gasteiger partial charge is 0.102 e. The summed E-state index contributed by atoms with van der Waals surface area (Å²) in [5.41, 5.74) is 8.35. The van der Waals surface area contributed by atoms with Crippen LogP contribution in [0.2, 0.25) is 0 Å². The van der Waals surface area contributed by atoms with Crippen molar-refractivity contribution in [1.82, 2.24) is 9.97 Å². The zero-order chi connectivity index (χ0) is 34.5. The van der Waals surface area contributed by atoms with Gasteiger partial charge in [0.25, 0.3) is 0 Å². The van der Waals surface area contributed by atoms with Gasteiger partial charge in [-0.05, 0) is 11.1 Å². The Labute approximate surface area is 289 Å². The Morgan fingerprint density at radius 3 is 0.740 bits per heavy atom. The maximum Gasteiger partial charge on any atom is 0.102 e. The monoisotopic (exact) mass is 636 g/mol. The lowest BCUT2D eigenvalue weighted by molar-refractivity contribution is 1.27. The van der Waals surface area contributed by atoms with Gasteiger partial charge in [-0.25, -0.2) is 9.97 Å². The second kappa shape index (κ2) is 13.6. The predicted molar refractivity (Wildman–Crippen MR) is 194 cm³/mol. The van der Waals surface area contributed by atoms with E-state index in [1.807, 2.05) is 146 Å². The van der Waals surface area contributed by atoms with Gasteiger partial charge in [0, 0.05) is 33.4 Å². The molecule has 0 radical (unpaired) electrons. The minimum atomic E-state index is 0.284. The van der Waals surface area contributed by atoms with Crippen molar-refractivity contribution in [3.8, 4) is 91.6 Å². The van der Waals surface area contributed by atoms with Gasteiger partial charge >= 0.3 is 0 Å². The molecule has 0 saturated heterocycles. The molecule has 0 unspecified atom stereocenters. The van der Waals surface area contributed by atoms with Gasteiger partial charge in [0.1, 0.15) is 24.3 Å². The van der Waals surface area contributed by atoms with Gasteiger partial charge in [0.2, 0.25) is 0 Å². The van der Waals surface area contributed by atoms with Gasteiger partial charge in [-0.15, -0.1) is 0 Å². The van der Waals surface area contributed by atoms with Crippen LogP contribution in [0.15, 0.2) is 146 Å². The average Bonchev–Trinajstić information content (AvgIpc) is 3.20. The Hall–Kier alpha value is -7.64. The van der Waals surface area contributed by atoms with Crippen molar-refractivity contribution < 1.29 is 0 Å². The standard InChI is InChI=1S/C44H24N6/c45-25-35-39(29-13-5-1-6-14-29)37(27-47)43(49-41(35)31-17-9-3-10-18-31)33-21-23-34(24-22-33)44-38(28-48)40(30-15-7-2-8-16-30)36(26-46)42(50-44)32-19-11-4-12-20-32/h1-24H. The van der Waals surface area contributed by atoms with E-state index in [0.29, 0.717) is 56.2 Å². The highest BCUT2D eigenvalue weighted by molar-refractivity contribution is 5.91. The molecule has 2 heterocycles. The molecule has 0 aliphatic rings. The normalized spacial score (nSPS) is 10.3. The summed E-state index contributed by atoms with van der Waals surface area (Å²) in [6.07, 6.45) is 0. The molecule has 0 bridgehead atoms. The SMILES string of the molecule is N#Cc1c(-c2ccccc2)nc(-c2ccc(-c3nc(-c4ccccc4)c(C#N)c(-c4ccccc4)c3C#N)cc2)c(C#N)c1-c1ccccc1. The van der Waals surface area contributed by atoms with Gasteiger partial charge in [0.15, 0.2) is 0 Å². The van der Waals surface area contributed by atoms with Gasteiger partial charge < -0.3 is 0 Å². The Morgan fingerprint density at radius 1 is 0.280 bits per heavy atom. The van der Waals surface area contributed by atoms with Crippen LogP contribution in [-0.4, -0.2) is 9.97 Å². The Balaban J connectivity index is 1.46. The highest BCUT2D eigenvalue weighted by Crippen LogP contribution is 2.41. The quantitative estimate of drug-likeness (QED) is 0.179. The number of hydrogen-bond acceptors (Lipinski definition) is 6. The fourth-order valence-electron chi connectivity index (χ4n) is 6.21. The molecular weight excluding hydrogens is 613 g/mol. The first-order chi connectivity index (χ1) is 24.7. The summed E-state index contributed by atoms with van der Waals surface area (Å²) in [4.78, 5) is 9.92. The number of benzene rings is 5. The molecule has 6 nitrogen and oxygen atoms in total. The second-order valence-corrected chi connectivity index (χ2v) is 11.4. The molecule has 0 amide bonds. The van der Waals surface area contributed by atoms with Gasteiger partial charge in [-0.2, -0.15) is 21.0 Å². The first-order valence-electron chi connectivity index (χ1n) is 15.8. The molecule has 5 aromatic carbocycles. The van der Waals surface area contributed by atoms with Crippen LogP contribution in [0.3, 0.4) is 0 Å². The molecule has 0 saturated carbocycles. The summed E-state index contributed by atoms with van der Waals surface area (Å²) in [6, 6.07) is 54.5. The van der Waals surface area contributed by atoms with Crippen molar-refractivity contribution in [1.29, 1.82) is 21.0 Å². The summed E-state index contributed by atoms with van der Waals surface area (Å²) < 4.78 is 0. The number of aromatic nitrogens is 2. The zero-order valence-electron chi connectivity index (χ0n) is 26.5. The molecule has 0 fully saturated rings. The molecule has 0 spiro atoms. The fourth-order valence-corrected chi connectivity index (χ4v) is 6.21. The summed E-state index contributed by atoms with van der Waals surface area (Å²) in [7, 11) is 0. The van der Waals surface area contributed by atoms with E-state index in [1.165, 1.54) is 0 Å². The third kappa shape index (κ3) is 5.53. The van der Waals surface area contributed by atoms with Crippen LogP contribution in [0.4, 0.5) is 0 Å². The van der Waals surface area contributed by atoms with Crippen molar-refractivity contribution in [2.24, 2.45) is 0 Å². The summed E-state index contributed by atoms with van der Waals surface area (Å²) >= 11 is 0. The van der Waals surface area contributed by atoms with E-state index in [-0.39, 0.29) is 11.1 Å². The summed E-state index contributed by atoms with van der Waals surface area (Å²) in [6.45, 7) is 0. The van der Waals surface area contributed by atoms with Gasteiger partial charge in [0.05, 0.1) is 45.0 Å². The van der Waals surface area contributed by atoms with Crippen LogP contribution >= 0.6 is 0 Å². The first kappa shape index (κ1) is 31.0. The van der Waals surface area contributed by atoms with Crippen LogP contribution in [-0.2, 0) is 0 Å². The number of nitriles is 4. The minimum Gasteiger partial charge on any atom is -0.245 e. The fraction of sp³-hybridized carbons (Fsp3) is 0. The molecule has 6 heteroatoms. The molecule has 0 N–H and O–H groups in total. The van der Waals surface area contributed by atoms with Crippen molar-refractivity contribution in [3.05, 3.63) is 168 Å². The number of pyridine rings is 2. The van der Waals surface area contributed by atoms with Crippen LogP contribution in [0, 0.1) is 45.3 Å². The van der Waals surface area contributed by atoms with Gasteiger partial charge in [-0.1, -0.05) is 146 Å². The van der Waals surface area contributed by atoms with Crippen LogP contribution < -0.4 is 0 Å². The topological polar surface area (TPSA) is 121 Å². The van der Waals surface area contributed by atoms with Crippen LogP contribution in [0.1, 0.15) is 22.3 Å². The van der Waals surface area contributed by atoms with Crippen molar-refractivity contribution >= 4 is 0 Å².